The Labute approximate surface area is 69.2 Å². The van der Waals surface area contributed by atoms with E-state index in [0.717, 1.165) is 0 Å². The highest BCUT2D eigenvalue weighted by Crippen LogP contribution is 2.14. The molecule has 0 aromatic rings. The molecule has 0 saturated heterocycles. The van der Waals surface area contributed by atoms with Gasteiger partial charge in [-0.1, -0.05) is 26.7 Å². The normalized spacial score (nSPS) is 15.6. The molecule has 0 aromatic carbocycles. The van der Waals surface area contributed by atoms with Crippen LogP contribution in [0, 0.1) is 30.1 Å². The lowest BCUT2D eigenvalue weighted by atomic mass is 9.88. The highest BCUT2D eigenvalue weighted by molar-refractivity contribution is 5.85. The van der Waals surface area contributed by atoms with Crippen molar-refractivity contribution in [2.75, 3.05) is 0 Å². The van der Waals surface area contributed by atoms with E-state index in [1.54, 1.807) is 6.92 Å². The van der Waals surface area contributed by atoms with Crippen LogP contribution in [0.1, 0.15) is 27.7 Å². The average molecular weight is 152 g/mol. The molecule has 0 heterocycles. The molecule has 0 aromatic heterocycles. The van der Waals surface area contributed by atoms with Gasteiger partial charge in [-0.15, -0.1) is 6.42 Å². The molecule has 0 aliphatic rings. The molecule has 62 valence electrons. The van der Waals surface area contributed by atoms with E-state index >= 15 is 0 Å². The van der Waals surface area contributed by atoms with E-state index in [1.165, 1.54) is 0 Å². The molecule has 0 radical (unpaired) electrons. The molecule has 0 bridgehead atoms. The van der Waals surface area contributed by atoms with Crippen LogP contribution < -0.4 is 0 Å². The fraction of sp³-hybridized carbons (Fsp3) is 0.700. The monoisotopic (exact) mass is 152 g/mol. The van der Waals surface area contributed by atoms with Gasteiger partial charge in [-0.3, -0.25) is 4.79 Å². The number of carbonyl (C=O) groups is 1. The summed E-state index contributed by atoms with van der Waals surface area (Å²) in [4.78, 5) is 11.4. The SMILES string of the molecule is C#C[C@@H](C)C(=O)[C@@H](C)C(C)C. The van der Waals surface area contributed by atoms with Crippen LogP contribution in [0.15, 0.2) is 0 Å². The molecule has 0 aliphatic heterocycles. The van der Waals surface area contributed by atoms with Crippen molar-refractivity contribution in [1.82, 2.24) is 0 Å². The molecule has 2 atom stereocenters. The van der Waals surface area contributed by atoms with Gasteiger partial charge < -0.3 is 0 Å². The Kier molecular flexibility index (Phi) is 3.89. The summed E-state index contributed by atoms with van der Waals surface area (Å²) in [5.74, 6) is 2.88. The highest BCUT2D eigenvalue weighted by atomic mass is 16.1. The van der Waals surface area contributed by atoms with Crippen molar-refractivity contribution in [3.05, 3.63) is 0 Å². The molecular formula is C10H16O. The van der Waals surface area contributed by atoms with Gasteiger partial charge in [-0.2, -0.15) is 0 Å². The standard InChI is InChI=1S/C10H16O/c1-6-8(4)10(11)9(5)7(2)3/h1,7-9H,2-5H3/t8-,9+/m1/s1. The van der Waals surface area contributed by atoms with Crippen molar-refractivity contribution in [2.24, 2.45) is 17.8 Å². The van der Waals surface area contributed by atoms with E-state index in [9.17, 15) is 4.79 Å². The summed E-state index contributed by atoms with van der Waals surface area (Å²) in [6.07, 6.45) is 5.14. The first-order chi connectivity index (χ1) is 5.00. The van der Waals surface area contributed by atoms with Crippen LogP contribution in [0.2, 0.25) is 0 Å². The van der Waals surface area contributed by atoms with E-state index in [-0.39, 0.29) is 17.6 Å². The van der Waals surface area contributed by atoms with E-state index in [0.29, 0.717) is 5.92 Å². The Morgan fingerprint density at radius 3 is 2.00 bits per heavy atom. The largest absolute Gasteiger partial charge is 0.298 e. The van der Waals surface area contributed by atoms with Crippen LogP contribution in [0.3, 0.4) is 0 Å². The predicted molar refractivity (Wildman–Crippen MR) is 47.0 cm³/mol. The zero-order valence-corrected chi connectivity index (χ0v) is 7.72. The first-order valence-electron chi connectivity index (χ1n) is 4.00. The second-order valence-electron chi connectivity index (χ2n) is 3.32. The molecule has 1 nitrogen and oxygen atoms in total. The van der Waals surface area contributed by atoms with Crippen molar-refractivity contribution in [3.8, 4) is 12.3 Å². The lowest BCUT2D eigenvalue weighted by Crippen LogP contribution is -2.22. The zero-order valence-electron chi connectivity index (χ0n) is 7.72. The van der Waals surface area contributed by atoms with E-state index in [1.807, 2.05) is 20.8 Å². The summed E-state index contributed by atoms with van der Waals surface area (Å²) in [5, 5.41) is 0. The maximum atomic E-state index is 11.4. The van der Waals surface area contributed by atoms with Crippen LogP contribution in [-0.4, -0.2) is 5.78 Å². The molecule has 0 aliphatic carbocycles. The third-order valence-electron chi connectivity index (χ3n) is 2.13. The smallest absolute Gasteiger partial charge is 0.150 e. The van der Waals surface area contributed by atoms with Crippen molar-refractivity contribution >= 4 is 5.78 Å². The van der Waals surface area contributed by atoms with Crippen molar-refractivity contribution in [1.29, 1.82) is 0 Å². The first-order valence-corrected chi connectivity index (χ1v) is 4.00. The van der Waals surface area contributed by atoms with Gasteiger partial charge in [-0.05, 0) is 12.8 Å². The van der Waals surface area contributed by atoms with Crippen molar-refractivity contribution < 1.29 is 4.79 Å². The number of carbonyl (C=O) groups excluding carboxylic acids is 1. The van der Waals surface area contributed by atoms with Gasteiger partial charge >= 0.3 is 0 Å². The van der Waals surface area contributed by atoms with Crippen LogP contribution >= 0.6 is 0 Å². The predicted octanol–water partition coefficient (Wildman–Crippen LogP) is 2.12. The minimum atomic E-state index is -0.229. The zero-order chi connectivity index (χ0) is 9.02. The number of rotatable bonds is 3. The van der Waals surface area contributed by atoms with Crippen LogP contribution in [0.25, 0.3) is 0 Å². The van der Waals surface area contributed by atoms with Gasteiger partial charge in [-0.25, -0.2) is 0 Å². The highest BCUT2D eigenvalue weighted by Gasteiger charge is 2.20. The molecule has 0 saturated carbocycles. The summed E-state index contributed by atoms with van der Waals surface area (Å²) in [6.45, 7) is 7.78. The summed E-state index contributed by atoms with van der Waals surface area (Å²) < 4.78 is 0. The molecule has 0 unspecified atom stereocenters. The van der Waals surface area contributed by atoms with Gasteiger partial charge in [0.25, 0.3) is 0 Å². The number of hydrogen-bond donors (Lipinski definition) is 0. The van der Waals surface area contributed by atoms with Crippen LogP contribution in [-0.2, 0) is 4.79 Å². The molecule has 0 amide bonds. The van der Waals surface area contributed by atoms with E-state index in [4.69, 9.17) is 6.42 Å². The second-order valence-corrected chi connectivity index (χ2v) is 3.32. The summed E-state index contributed by atoms with van der Waals surface area (Å²) in [5.41, 5.74) is 0. The van der Waals surface area contributed by atoms with E-state index in [2.05, 4.69) is 5.92 Å². The Morgan fingerprint density at radius 1 is 1.27 bits per heavy atom. The Morgan fingerprint density at radius 2 is 1.73 bits per heavy atom. The van der Waals surface area contributed by atoms with Crippen LogP contribution in [0.4, 0.5) is 0 Å². The molecular weight excluding hydrogens is 136 g/mol. The maximum Gasteiger partial charge on any atom is 0.150 e. The fourth-order valence-corrected chi connectivity index (χ4v) is 0.805. The summed E-state index contributed by atoms with van der Waals surface area (Å²) in [7, 11) is 0. The van der Waals surface area contributed by atoms with Gasteiger partial charge in [0.1, 0.15) is 0 Å². The van der Waals surface area contributed by atoms with Crippen LogP contribution in [0.5, 0.6) is 0 Å². The minimum absolute atomic E-state index is 0.0843. The quantitative estimate of drug-likeness (QED) is 0.566. The van der Waals surface area contributed by atoms with Crippen molar-refractivity contribution in [2.45, 2.75) is 27.7 Å². The average Bonchev–Trinajstić information content (AvgIpc) is 2.00. The van der Waals surface area contributed by atoms with Gasteiger partial charge in [0.2, 0.25) is 0 Å². The molecule has 1 heteroatoms. The Bertz CT molecular complexity index is 174. The number of ketones is 1. The van der Waals surface area contributed by atoms with Gasteiger partial charge in [0.05, 0.1) is 5.92 Å². The number of terminal acetylenes is 1. The second kappa shape index (κ2) is 4.18. The summed E-state index contributed by atoms with van der Waals surface area (Å²) in [6, 6.07) is 0. The molecule has 0 N–H and O–H groups in total. The Hall–Kier alpha value is -0.770. The lowest BCUT2D eigenvalue weighted by molar-refractivity contribution is -0.125. The molecule has 0 fully saturated rings. The third-order valence-corrected chi connectivity index (χ3v) is 2.13. The van der Waals surface area contributed by atoms with Gasteiger partial charge in [0, 0.05) is 5.92 Å². The molecule has 11 heavy (non-hydrogen) atoms. The fourth-order valence-electron chi connectivity index (χ4n) is 0.805. The van der Waals surface area contributed by atoms with Crippen molar-refractivity contribution in [3.63, 3.8) is 0 Å². The third kappa shape index (κ3) is 2.76. The lowest BCUT2D eigenvalue weighted by Gasteiger charge is -2.15. The van der Waals surface area contributed by atoms with Gasteiger partial charge in [0.15, 0.2) is 5.78 Å². The Balaban J connectivity index is 4.16. The maximum absolute atomic E-state index is 11.4. The molecule has 0 spiro atoms. The van der Waals surface area contributed by atoms with E-state index < -0.39 is 0 Å². The molecule has 0 rings (SSSR count). The first kappa shape index (κ1) is 10.2. The number of Topliss-reactive ketones (excluding diaryl/α,β-unsaturated/α-hetero) is 1. The topological polar surface area (TPSA) is 17.1 Å². The minimum Gasteiger partial charge on any atom is -0.298 e. The number of hydrogen-bond acceptors (Lipinski definition) is 1. The summed E-state index contributed by atoms with van der Waals surface area (Å²) >= 11 is 0.